The maximum atomic E-state index is 13.4. The largest absolute Gasteiger partial charge is 0.480 e. The van der Waals surface area contributed by atoms with Gasteiger partial charge in [-0.1, -0.05) is 48.5 Å². The predicted molar refractivity (Wildman–Crippen MR) is 120 cm³/mol. The Balaban J connectivity index is 1.78. The Morgan fingerprint density at radius 2 is 1.94 bits per heavy atom. The van der Waals surface area contributed by atoms with Crippen LogP contribution in [0.25, 0.3) is 11.4 Å². The molecule has 1 atom stereocenters. The second-order valence-electron chi connectivity index (χ2n) is 7.72. The van der Waals surface area contributed by atoms with Crippen LogP contribution in [0.1, 0.15) is 24.0 Å². The van der Waals surface area contributed by atoms with Gasteiger partial charge in [0.15, 0.2) is 5.82 Å². The van der Waals surface area contributed by atoms with Crippen LogP contribution in [-0.2, 0) is 13.7 Å². The highest BCUT2D eigenvalue weighted by Gasteiger charge is 2.26. The van der Waals surface area contributed by atoms with Gasteiger partial charge >= 0.3 is 0 Å². The summed E-state index contributed by atoms with van der Waals surface area (Å²) in [6.07, 6.45) is 1.87. The van der Waals surface area contributed by atoms with Crippen molar-refractivity contribution in [2.75, 3.05) is 18.0 Å². The second-order valence-corrected chi connectivity index (χ2v) is 7.72. The van der Waals surface area contributed by atoms with Crippen molar-refractivity contribution >= 4 is 5.82 Å². The van der Waals surface area contributed by atoms with Crippen LogP contribution in [0.4, 0.5) is 5.82 Å². The summed E-state index contributed by atoms with van der Waals surface area (Å²) < 4.78 is 7.54. The van der Waals surface area contributed by atoms with Crippen molar-refractivity contribution in [2.24, 2.45) is 12.8 Å². The molecule has 0 unspecified atom stereocenters. The number of anilines is 1. The number of hydrogen-bond donors (Lipinski definition) is 1. The Morgan fingerprint density at radius 3 is 2.68 bits per heavy atom. The zero-order valence-electron chi connectivity index (χ0n) is 17.5. The standard InChI is InChI=1S/C24H25N5O2/c1-28-22(17-8-3-2-4-9-17)27-23(29-13-7-12-20(26)15-29)21(24(28)30)31-16-19-11-6-5-10-18(19)14-25/h2-6,8-11,20H,7,12-13,15-16,26H2,1H3/t20-/m1/s1. The van der Waals surface area contributed by atoms with Gasteiger partial charge in [-0.15, -0.1) is 0 Å². The number of piperidine rings is 1. The average Bonchev–Trinajstić information content (AvgIpc) is 2.80. The maximum Gasteiger partial charge on any atom is 0.298 e. The first-order chi connectivity index (χ1) is 15.1. The van der Waals surface area contributed by atoms with E-state index in [4.69, 9.17) is 15.5 Å². The number of nitrogens with two attached hydrogens (primary N) is 1. The SMILES string of the molecule is Cn1c(-c2ccccc2)nc(N2CCC[C@@H](N)C2)c(OCc2ccccc2C#N)c1=O. The summed E-state index contributed by atoms with van der Waals surface area (Å²) in [6, 6.07) is 19.0. The fourth-order valence-corrected chi connectivity index (χ4v) is 3.86. The van der Waals surface area contributed by atoms with Crippen LogP contribution < -0.4 is 20.9 Å². The number of rotatable bonds is 5. The van der Waals surface area contributed by atoms with Crippen molar-refractivity contribution in [3.63, 3.8) is 0 Å². The molecule has 31 heavy (non-hydrogen) atoms. The van der Waals surface area contributed by atoms with Gasteiger partial charge in [0.2, 0.25) is 5.75 Å². The van der Waals surface area contributed by atoms with E-state index in [2.05, 4.69) is 6.07 Å². The molecule has 0 amide bonds. The minimum Gasteiger partial charge on any atom is -0.480 e. The van der Waals surface area contributed by atoms with E-state index in [-0.39, 0.29) is 24.0 Å². The van der Waals surface area contributed by atoms with E-state index >= 15 is 0 Å². The summed E-state index contributed by atoms with van der Waals surface area (Å²) in [4.78, 5) is 20.3. The summed E-state index contributed by atoms with van der Waals surface area (Å²) >= 11 is 0. The highest BCUT2D eigenvalue weighted by atomic mass is 16.5. The topological polar surface area (TPSA) is 97.2 Å². The first-order valence-electron chi connectivity index (χ1n) is 10.4. The molecular weight excluding hydrogens is 390 g/mol. The molecule has 2 heterocycles. The van der Waals surface area contributed by atoms with E-state index in [0.29, 0.717) is 23.8 Å². The molecule has 3 aromatic rings. The van der Waals surface area contributed by atoms with Gasteiger partial charge in [0.25, 0.3) is 5.56 Å². The fourth-order valence-electron chi connectivity index (χ4n) is 3.86. The molecule has 7 heteroatoms. The molecule has 0 saturated carbocycles. The molecule has 1 aromatic heterocycles. The Hall–Kier alpha value is -3.63. The fraction of sp³-hybridized carbons (Fsp3) is 0.292. The number of ether oxygens (including phenoxy) is 1. The molecule has 2 aromatic carbocycles. The van der Waals surface area contributed by atoms with Crippen molar-refractivity contribution in [1.82, 2.24) is 9.55 Å². The van der Waals surface area contributed by atoms with Gasteiger partial charge in [0.1, 0.15) is 12.4 Å². The predicted octanol–water partition coefficient (Wildman–Crippen LogP) is 2.83. The average molecular weight is 415 g/mol. The third-order valence-corrected chi connectivity index (χ3v) is 5.53. The van der Waals surface area contributed by atoms with E-state index in [1.54, 1.807) is 19.2 Å². The van der Waals surface area contributed by atoms with Crippen LogP contribution in [-0.4, -0.2) is 28.7 Å². The van der Waals surface area contributed by atoms with Gasteiger partial charge in [0.05, 0.1) is 11.6 Å². The molecule has 7 nitrogen and oxygen atoms in total. The van der Waals surface area contributed by atoms with Gasteiger partial charge in [-0.05, 0) is 18.9 Å². The van der Waals surface area contributed by atoms with Crippen LogP contribution >= 0.6 is 0 Å². The molecule has 1 aliphatic heterocycles. The minimum absolute atomic E-state index is 0.0203. The monoisotopic (exact) mass is 415 g/mol. The van der Waals surface area contributed by atoms with Gasteiger partial charge in [0, 0.05) is 37.3 Å². The van der Waals surface area contributed by atoms with E-state index in [9.17, 15) is 10.1 Å². The normalized spacial score (nSPS) is 16.0. The van der Waals surface area contributed by atoms with Crippen LogP contribution in [0.15, 0.2) is 59.4 Å². The summed E-state index contributed by atoms with van der Waals surface area (Å²) in [5.41, 5.74) is 8.04. The molecule has 1 saturated heterocycles. The van der Waals surface area contributed by atoms with Gasteiger partial charge in [-0.2, -0.15) is 5.26 Å². The van der Waals surface area contributed by atoms with Gasteiger partial charge in [-0.3, -0.25) is 9.36 Å². The van der Waals surface area contributed by atoms with Gasteiger partial charge < -0.3 is 15.4 Å². The number of hydrogen-bond acceptors (Lipinski definition) is 6. The van der Waals surface area contributed by atoms with Gasteiger partial charge in [-0.25, -0.2) is 4.98 Å². The van der Waals surface area contributed by atoms with Crippen molar-refractivity contribution in [1.29, 1.82) is 5.26 Å². The zero-order valence-corrected chi connectivity index (χ0v) is 17.5. The quantitative estimate of drug-likeness (QED) is 0.688. The molecule has 0 spiro atoms. The third-order valence-electron chi connectivity index (χ3n) is 5.53. The lowest BCUT2D eigenvalue weighted by Gasteiger charge is -2.33. The lowest BCUT2D eigenvalue weighted by molar-refractivity contribution is 0.297. The lowest BCUT2D eigenvalue weighted by Crippen LogP contribution is -2.44. The number of aromatic nitrogens is 2. The van der Waals surface area contributed by atoms with Crippen molar-refractivity contribution in [3.8, 4) is 23.2 Å². The molecule has 0 radical (unpaired) electrons. The lowest BCUT2D eigenvalue weighted by atomic mass is 10.1. The Bertz CT molecular complexity index is 1170. The maximum absolute atomic E-state index is 13.4. The van der Waals surface area contributed by atoms with E-state index in [1.807, 2.05) is 47.4 Å². The molecular formula is C24H25N5O2. The Labute approximate surface area is 181 Å². The third kappa shape index (κ3) is 4.30. The van der Waals surface area contributed by atoms with Crippen molar-refractivity contribution in [3.05, 3.63) is 76.1 Å². The van der Waals surface area contributed by atoms with Crippen LogP contribution in [0.2, 0.25) is 0 Å². The number of nitrogens with zero attached hydrogens (tertiary/aromatic N) is 4. The Morgan fingerprint density at radius 1 is 1.19 bits per heavy atom. The first-order valence-corrected chi connectivity index (χ1v) is 10.4. The van der Waals surface area contributed by atoms with E-state index in [1.165, 1.54) is 4.57 Å². The summed E-state index contributed by atoms with van der Waals surface area (Å²) in [5, 5.41) is 9.36. The summed E-state index contributed by atoms with van der Waals surface area (Å²) in [5.74, 6) is 1.26. The molecule has 158 valence electrons. The zero-order chi connectivity index (χ0) is 21.8. The van der Waals surface area contributed by atoms with Crippen LogP contribution in [0.5, 0.6) is 5.75 Å². The molecule has 0 bridgehead atoms. The summed E-state index contributed by atoms with van der Waals surface area (Å²) in [7, 11) is 1.69. The molecule has 1 aliphatic rings. The molecule has 0 aliphatic carbocycles. The van der Waals surface area contributed by atoms with Crippen LogP contribution in [0.3, 0.4) is 0 Å². The van der Waals surface area contributed by atoms with Crippen LogP contribution in [0, 0.1) is 11.3 Å². The molecule has 1 fully saturated rings. The van der Waals surface area contributed by atoms with Crippen molar-refractivity contribution < 1.29 is 4.74 Å². The second kappa shape index (κ2) is 9.02. The molecule has 4 rings (SSSR count). The number of benzene rings is 2. The highest BCUT2D eigenvalue weighted by molar-refractivity contribution is 5.62. The van der Waals surface area contributed by atoms with E-state index in [0.717, 1.165) is 30.5 Å². The van der Waals surface area contributed by atoms with E-state index < -0.39 is 0 Å². The minimum atomic E-state index is -0.266. The summed E-state index contributed by atoms with van der Waals surface area (Å²) in [6.45, 7) is 1.48. The van der Waals surface area contributed by atoms with Crippen molar-refractivity contribution in [2.45, 2.75) is 25.5 Å². The smallest absolute Gasteiger partial charge is 0.298 e. The highest BCUT2D eigenvalue weighted by Crippen LogP contribution is 2.29. The number of nitriles is 1. The first kappa shape index (κ1) is 20.6. The Kier molecular flexibility index (Phi) is 6.01. The molecule has 2 N–H and O–H groups in total.